The summed E-state index contributed by atoms with van der Waals surface area (Å²) in [6, 6.07) is 16.8. The van der Waals surface area contributed by atoms with Crippen molar-refractivity contribution in [1.82, 2.24) is 19.6 Å². The number of carbonyl (C=O) groups is 1. The molecule has 3 aromatic rings. The van der Waals surface area contributed by atoms with Gasteiger partial charge >= 0.3 is 0 Å². The van der Waals surface area contributed by atoms with Crippen molar-refractivity contribution in [3.8, 4) is 5.69 Å². The topological polar surface area (TPSA) is 41.4 Å². The van der Waals surface area contributed by atoms with Crippen LogP contribution in [0, 0.1) is 5.82 Å². The van der Waals surface area contributed by atoms with E-state index in [0.717, 1.165) is 62.3 Å². The van der Waals surface area contributed by atoms with Crippen LogP contribution in [0.3, 0.4) is 0 Å². The first-order valence-corrected chi connectivity index (χ1v) is 11.1. The molecule has 1 saturated heterocycles. The highest BCUT2D eigenvalue weighted by Crippen LogP contribution is 2.28. The smallest absolute Gasteiger partial charge is 0.274 e. The average Bonchev–Trinajstić information content (AvgIpc) is 3.20. The summed E-state index contributed by atoms with van der Waals surface area (Å²) >= 11 is 0. The summed E-state index contributed by atoms with van der Waals surface area (Å²) in [5.41, 5.74) is 4.87. The number of rotatable bonds is 4. The molecule has 0 saturated carbocycles. The molecule has 5 nitrogen and oxygen atoms in total. The third-order valence-corrected chi connectivity index (χ3v) is 6.36. The molecule has 1 amide bonds. The zero-order chi connectivity index (χ0) is 21.2. The maximum Gasteiger partial charge on any atom is 0.274 e. The Kier molecular flexibility index (Phi) is 5.55. The SMILES string of the molecule is O=C(c1nn(-c2ccc(F)cc2)c2c1CCCC2)N1CCN(Cc2ccccc2)CC1. The number of benzene rings is 2. The van der Waals surface area contributed by atoms with Gasteiger partial charge in [-0.1, -0.05) is 30.3 Å². The molecule has 2 aliphatic rings. The van der Waals surface area contributed by atoms with Gasteiger partial charge in [0, 0.05) is 44.0 Å². The van der Waals surface area contributed by atoms with E-state index in [1.807, 2.05) is 15.6 Å². The second-order valence-corrected chi connectivity index (χ2v) is 8.42. The summed E-state index contributed by atoms with van der Waals surface area (Å²) in [5.74, 6) is -0.243. The molecule has 1 fully saturated rings. The molecule has 1 aliphatic heterocycles. The molecule has 160 valence electrons. The maximum atomic E-state index is 13.4. The molecule has 2 aromatic carbocycles. The first-order valence-electron chi connectivity index (χ1n) is 11.1. The molecule has 0 N–H and O–H groups in total. The van der Waals surface area contributed by atoms with Gasteiger partial charge in [0.25, 0.3) is 5.91 Å². The predicted molar refractivity (Wildman–Crippen MR) is 118 cm³/mol. The molecule has 0 radical (unpaired) electrons. The lowest BCUT2D eigenvalue weighted by Gasteiger charge is -2.34. The van der Waals surface area contributed by atoms with Crippen molar-refractivity contribution in [1.29, 1.82) is 0 Å². The fourth-order valence-corrected chi connectivity index (χ4v) is 4.67. The third kappa shape index (κ3) is 4.12. The Bertz CT molecular complexity index is 1050. The van der Waals surface area contributed by atoms with E-state index in [1.165, 1.54) is 17.7 Å². The number of piperazine rings is 1. The van der Waals surface area contributed by atoms with Gasteiger partial charge in [0.1, 0.15) is 5.82 Å². The van der Waals surface area contributed by atoms with Crippen LogP contribution in [-0.4, -0.2) is 51.7 Å². The van der Waals surface area contributed by atoms with Gasteiger partial charge in [-0.3, -0.25) is 9.69 Å². The maximum absolute atomic E-state index is 13.4. The summed E-state index contributed by atoms with van der Waals surface area (Å²) in [5, 5.41) is 4.74. The quantitative estimate of drug-likeness (QED) is 0.646. The number of amides is 1. The lowest BCUT2D eigenvalue weighted by molar-refractivity contribution is 0.0621. The van der Waals surface area contributed by atoms with Crippen LogP contribution in [0.25, 0.3) is 5.69 Å². The monoisotopic (exact) mass is 418 g/mol. The Morgan fingerprint density at radius 2 is 1.61 bits per heavy atom. The average molecular weight is 419 g/mol. The Hall–Kier alpha value is -2.99. The summed E-state index contributed by atoms with van der Waals surface area (Å²) in [6.45, 7) is 4.06. The van der Waals surface area contributed by atoms with Crippen molar-refractivity contribution in [3.63, 3.8) is 0 Å². The van der Waals surface area contributed by atoms with E-state index in [-0.39, 0.29) is 11.7 Å². The van der Waals surface area contributed by atoms with Gasteiger partial charge in [0.2, 0.25) is 0 Å². The largest absolute Gasteiger partial charge is 0.335 e. The fourth-order valence-electron chi connectivity index (χ4n) is 4.67. The summed E-state index contributed by atoms with van der Waals surface area (Å²) < 4.78 is 15.2. The zero-order valence-corrected chi connectivity index (χ0v) is 17.6. The fraction of sp³-hybridized carbons (Fsp3) is 0.360. The van der Waals surface area contributed by atoms with Gasteiger partial charge in [0.15, 0.2) is 5.69 Å². The minimum atomic E-state index is -0.269. The highest BCUT2D eigenvalue weighted by molar-refractivity contribution is 5.94. The molecule has 0 spiro atoms. The van der Waals surface area contributed by atoms with Gasteiger partial charge in [-0.15, -0.1) is 0 Å². The number of aromatic nitrogens is 2. The van der Waals surface area contributed by atoms with Crippen molar-refractivity contribution in [3.05, 3.63) is 82.9 Å². The molecule has 0 bridgehead atoms. The first kappa shape index (κ1) is 19.9. The van der Waals surface area contributed by atoms with Crippen LogP contribution in [0.15, 0.2) is 54.6 Å². The number of fused-ring (bicyclic) bond motifs is 1. The van der Waals surface area contributed by atoms with Crippen LogP contribution in [0.4, 0.5) is 4.39 Å². The third-order valence-electron chi connectivity index (χ3n) is 6.36. The molecular weight excluding hydrogens is 391 g/mol. The number of hydrogen-bond donors (Lipinski definition) is 0. The van der Waals surface area contributed by atoms with Crippen LogP contribution in [0.2, 0.25) is 0 Å². The van der Waals surface area contributed by atoms with Gasteiger partial charge in [0.05, 0.1) is 5.69 Å². The summed E-state index contributed by atoms with van der Waals surface area (Å²) in [6.07, 6.45) is 3.95. The number of hydrogen-bond acceptors (Lipinski definition) is 3. The van der Waals surface area contributed by atoms with Gasteiger partial charge in [-0.25, -0.2) is 9.07 Å². The highest BCUT2D eigenvalue weighted by Gasteiger charge is 2.30. The van der Waals surface area contributed by atoms with Crippen LogP contribution in [0.5, 0.6) is 0 Å². The Balaban J connectivity index is 1.33. The zero-order valence-electron chi connectivity index (χ0n) is 17.6. The van der Waals surface area contributed by atoms with Crippen molar-refractivity contribution < 1.29 is 9.18 Å². The molecule has 0 unspecified atom stereocenters. The normalized spacial score (nSPS) is 16.9. The van der Waals surface area contributed by atoms with Gasteiger partial charge < -0.3 is 4.90 Å². The minimum Gasteiger partial charge on any atom is -0.335 e. The van der Waals surface area contributed by atoms with E-state index in [9.17, 15) is 9.18 Å². The molecule has 2 heterocycles. The molecule has 5 rings (SSSR count). The number of nitrogens with zero attached hydrogens (tertiary/aromatic N) is 4. The minimum absolute atomic E-state index is 0.0263. The van der Waals surface area contributed by atoms with Gasteiger partial charge in [-0.05, 0) is 55.5 Å². The van der Waals surface area contributed by atoms with Crippen LogP contribution in [0.1, 0.15) is 40.2 Å². The Labute approximate surface area is 182 Å². The predicted octanol–water partition coefficient (Wildman–Crippen LogP) is 3.85. The molecule has 1 aromatic heterocycles. The molecule has 0 atom stereocenters. The van der Waals surface area contributed by atoms with Crippen LogP contribution >= 0.6 is 0 Å². The molecule has 1 aliphatic carbocycles. The van der Waals surface area contributed by atoms with E-state index in [2.05, 4.69) is 29.2 Å². The molecule has 6 heteroatoms. The van der Waals surface area contributed by atoms with Gasteiger partial charge in [-0.2, -0.15) is 5.10 Å². The van der Waals surface area contributed by atoms with Crippen molar-refractivity contribution in [2.24, 2.45) is 0 Å². The van der Waals surface area contributed by atoms with Crippen LogP contribution < -0.4 is 0 Å². The highest BCUT2D eigenvalue weighted by atomic mass is 19.1. The Morgan fingerprint density at radius 3 is 2.35 bits per heavy atom. The number of halogens is 1. The molecule has 31 heavy (non-hydrogen) atoms. The summed E-state index contributed by atoms with van der Waals surface area (Å²) in [4.78, 5) is 17.7. The Morgan fingerprint density at radius 1 is 0.903 bits per heavy atom. The lowest BCUT2D eigenvalue weighted by Crippen LogP contribution is -2.48. The lowest BCUT2D eigenvalue weighted by atomic mass is 9.95. The standard InChI is InChI=1S/C25H27FN4O/c26-20-10-12-21(13-11-20)30-23-9-5-4-8-22(23)24(27-30)25(31)29-16-14-28(15-17-29)18-19-6-2-1-3-7-19/h1-3,6-7,10-13H,4-5,8-9,14-18H2. The second kappa shape index (κ2) is 8.63. The summed E-state index contributed by atoms with van der Waals surface area (Å²) in [7, 11) is 0. The van der Waals surface area contributed by atoms with Crippen molar-refractivity contribution in [2.45, 2.75) is 32.2 Å². The van der Waals surface area contributed by atoms with Crippen molar-refractivity contribution >= 4 is 5.91 Å². The van der Waals surface area contributed by atoms with E-state index in [0.29, 0.717) is 18.8 Å². The van der Waals surface area contributed by atoms with Crippen molar-refractivity contribution in [2.75, 3.05) is 26.2 Å². The first-order chi connectivity index (χ1) is 15.2. The second-order valence-electron chi connectivity index (χ2n) is 8.42. The number of carbonyl (C=O) groups excluding carboxylic acids is 1. The van der Waals surface area contributed by atoms with E-state index < -0.39 is 0 Å². The molecular formula is C25H27FN4O. The van der Waals surface area contributed by atoms with Crippen LogP contribution in [-0.2, 0) is 19.4 Å². The van der Waals surface area contributed by atoms with E-state index >= 15 is 0 Å². The van der Waals surface area contributed by atoms with E-state index in [4.69, 9.17) is 5.10 Å². The van der Waals surface area contributed by atoms with E-state index in [1.54, 1.807) is 12.1 Å².